The number of anilines is 1. The van der Waals surface area contributed by atoms with Crippen molar-refractivity contribution in [1.82, 2.24) is 4.98 Å². The number of nitrogens with zero attached hydrogens (tertiary/aromatic N) is 2. The highest BCUT2D eigenvalue weighted by molar-refractivity contribution is 6.20. The van der Waals surface area contributed by atoms with Gasteiger partial charge in [-0.3, -0.25) is 19.9 Å². The van der Waals surface area contributed by atoms with Crippen molar-refractivity contribution in [3.8, 4) is 5.75 Å². The second kappa shape index (κ2) is 6.41. The van der Waals surface area contributed by atoms with Gasteiger partial charge < -0.3 is 14.5 Å². The summed E-state index contributed by atoms with van der Waals surface area (Å²) in [4.78, 5) is 27.4. The minimum atomic E-state index is -0.491. The monoisotopic (exact) mass is 363 g/mol. The molecule has 8 heteroatoms. The van der Waals surface area contributed by atoms with Gasteiger partial charge >= 0.3 is 0 Å². The van der Waals surface area contributed by atoms with E-state index in [1.807, 2.05) is 0 Å². The SMILES string of the molecule is COc1ccc(C(=O)Nc2ccncc2)c2c1oc1ccc([N+](=O)[O-])cc12. The van der Waals surface area contributed by atoms with Crippen LogP contribution in [-0.4, -0.2) is 22.9 Å². The van der Waals surface area contributed by atoms with Crippen molar-refractivity contribution in [2.45, 2.75) is 0 Å². The van der Waals surface area contributed by atoms with E-state index in [1.165, 1.54) is 25.3 Å². The predicted octanol–water partition coefficient (Wildman–Crippen LogP) is 4.15. The van der Waals surface area contributed by atoms with Gasteiger partial charge in [0.05, 0.1) is 17.6 Å². The molecule has 134 valence electrons. The first-order valence-electron chi connectivity index (χ1n) is 7.97. The topological polar surface area (TPSA) is 108 Å². The van der Waals surface area contributed by atoms with Crippen molar-refractivity contribution >= 4 is 39.2 Å². The van der Waals surface area contributed by atoms with E-state index in [4.69, 9.17) is 9.15 Å². The number of methoxy groups -OCH3 is 1. The van der Waals surface area contributed by atoms with Crippen LogP contribution in [0.4, 0.5) is 11.4 Å². The number of furan rings is 1. The lowest BCUT2D eigenvalue weighted by Crippen LogP contribution is -2.12. The molecule has 0 aliphatic heterocycles. The number of hydrogen-bond acceptors (Lipinski definition) is 6. The largest absolute Gasteiger partial charge is 0.493 e. The van der Waals surface area contributed by atoms with Crippen molar-refractivity contribution in [2.24, 2.45) is 0 Å². The van der Waals surface area contributed by atoms with Crippen LogP contribution in [0.25, 0.3) is 21.9 Å². The van der Waals surface area contributed by atoms with Gasteiger partial charge in [0.25, 0.3) is 11.6 Å². The summed E-state index contributed by atoms with van der Waals surface area (Å²) in [6, 6.07) is 10.8. The Labute approximate surface area is 152 Å². The molecule has 0 spiro atoms. The Bertz CT molecular complexity index is 1180. The number of aromatic nitrogens is 1. The van der Waals surface area contributed by atoms with Crippen LogP contribution in [0, 0.1) is 10.1 Å². The molecular weight excluding hydrogens is 350 g/mol. The molecule has 0 saturated heterocycles. The molecule has 0 atom stereocenters. The maximum atomic E-state index is 12.8. The van der Waals surface area contributed by atoms with Gasteiger partial charge in [-0.15, -0.1) is 0 Å². The van der Waals surface area contributed by atoms with E-state index in [0.29, 0.717) is 38.9 Å². The zero-order chi connectivity index (χ0) is 19.0. The Hall–Kier alpha value is -3.94. The number of benzene rings is 2. The highest BCUT2D eigenvalue weighted by Crippen LogP contribution is 2.38. The smallest absolute Gasteiger partial charge is 0.270 e. The van der Waals surface area contributed by atoms with Crippen molar-refractivity contribution in [1.29, 1.82) is 0 Å². The van der Waals surface area contributed by atoms with Crippen molar-refractivity contribution in [3.05, 3.63) is 70.5 Å². The van der Waals surface area contributed by atoms with Gasteiger partial charge in [0, 0.05) is 41.0 Å². The number of non-ortho nitro benzene ring substituents is 1. The van der Waals surface area contributed by atoms with E-state index in [1.54, 1.807) is 36.7 Å². The number of amides is 1. The molecule has 2 heterocycles. The third kappa shape index (κ3) is 2.82. The number of nitro groups is 1. The number of ether oxygens (including phenoxy) is 1. The van der Waals surface area contributed by atoms with E-state index in [2.05, 4.69) is 10.3 Å². The highest BCUT2D eigenvalue weighted by Gasteiger charge is 2.21. The quantitative estimate of drug-likeness (QED) is 0.431. The lowest BCUT2D eigenvalue weighted by Gasteiger charge is -2.08. The van der Waals surface area contributed by atoms with E-state index in [9.17, 15) is 14.9 Å². The summed E-state index contributed by atoms with van der Waals surface area (Å²) < 4.78 is 11.1. The molecule has 8 nitrogen and oxygen atoms in total. The first-order valence-corrected chi connectivity index (χ1v) is 7.97. The minimum absolute atomic E-state index is 0.0893. The molecule has 1 amide bonds. The fraction of sp³-hybridized carbons (Fsp3) is 0.0526. The Kier molecular flexibility index (Phi) is 3.92. The van der Waals surface area contributed by atoms with Gasteiger partial charge in [-0.25, -0.2) is 0 Å². The third-order valence-electron chi connectivity index (χ3n) is 4.18. The first-order chi connectivity index (χ1) is 13.1. The van der Waals surface area contributed by atoms with Gasteiger partial charge in [0.2, 0.25) is 0 Å². The summed E-state index contributed by atoms with van der Waals surface area (Å²) in [7, 11) is 1.49. The fourth-order valence-corrected chi connectivity index (χ4v) is 2.94. The molecule has 0 aliphatic rings. The molecule has 2 aromatic heterocycles. The Morgan fingerprint density at radius 1 is 1.19 bits per heavy atom. The Morgan fingerprint density at radius 3 is 2.67 bits per heavy atom. The Morgan fingerprint density at radius 2 is 1.96 bits per heavy atom. The van der Waals surface area contributed by atoms with Gasteiger partial charge in [0.1, 0.15) is 5.58 Å². The van der Waals surface area contributed by atoms with Crippen LogP contribution in [0.2, 0.25) is 0 Å². The summed E-state index contributed by atoms with van der Waals surface area (Å²) in [6.45, 7) is 0. The summed E-state index contributed by atoms with van der Waals surface area (Å²) in [5, 5.41) is 14.9. The van der Waals surface area contributed by atoms with Gasteiger partial charge in [-0.2, -0.15) is 0 Å². The number of pyridine rings is 1. The normalized spacial score (nSPS) is 10.9. The number of rotatable bonds is 4. The number of nitro benzene ring substituents is 1. The molecule has 0 unspecified atom stereocenters. The molecule has 0 bridgehead atoms. The van der Waals surface area contributed by atoms with Crippen LogP contribution < -0.4 is 10.1 Å². The molecular formula is C19H13N3O5. The van der Waals surface area contributed by atoms with Gasteiger partial charge in [0.15, 0.2) is 11.3 Å². The molecule has 0 radical (unpaired) electrons. The molecule has 4 aromatic rings. The van der Waals surface area contributed by atoms with Crippen LogP contribution in [0.3, 0.4) is 0 Å². The molecule has 1 N–H and O–H groups in total. The highest BCUT2D eigenvalue weighted by atomic mass is 16.6. The van der Waals surface area contributed by atoms with Crippen molar-refractivity contribution in [2.75, 3.05) is 12.4 Å². The second-order valence-electron chi connectivity index (χ2n) is 5.75. The van der Waals surface area contributed by atoms with Crippen LogP contribution in [0.15, 0.2) is 59.3 Å². The summed E-state index contributed by atoms with van der Waals surface area (Å²) in [5.74, 6) is 0.0624. The molecule has 0 saturated carbocycles. The van der Waals surface area contributed by atoms with Crippen LogP contribution >= 0.6 is 0 Å². The molecule has 0 fully saturated rings. The molecule has 0 aliphatic carbocycles. The predicted molar refractivity (Wildman–Crippen MR) is 99.1 cm³/mol. The third-order valence-corrected chi connectivity index (χ3v) is 4.18. The number of fused-ring (bicyclic) bond motifs is 3. The number of nitrogens with one attached hydrogen (secondary N) is 1. The summed E-state index contributed by atoms with van der Waals surface area (Å²) >= 11 is 0. The molecule has 2 aromatic carbocycles. The second-order valence-corrected chi connectivity index (χ2v) is 5.75. The van der Waals surface area contributed by atoms with E-state index in [0.717, 1.165) is 0 Å². The van der Waals surface area contributed by atoms with Gasteiger partial charge in [-0.05, 0) is 30.3 Å². The van der Waals surface area contributed by atoms with Crippen molar-refractivity contribution in [3.63, 3.8) is 0 Å². The average molecular weight is 363 g/mol. The zero-order valence-corrected chi connectivity index (χ0v) is 14.1. The zero-order valence-electron chi connectivity index (χ0n) is 14.1. The van der Waals surface area contributed by atoms with Gasteiger partial charge in [-0.1, -0.05) is 0 Å². The van der Waals surface area contributed by atoms with E-state index < -0.39 is 4.92 Å². The number of hydrogen-bond donors (Lipinski definition) is 1. The van der Waals surface area contributed by atoms with E-state index >= 15 is 0 Å². The fourth-order valence-electron chi connectivity index (χ4n) is 2.94. The first kappa shape index (κ1) is 16.5. The number of carbonyl (C=O) groups excluding carboxylic acids is 1. The summed E-state index contributed by atoms with van der Waals surface area (Å²) in [6.07, 6.45) is 3.13. The lowest BCUT2D eigenvalue weighted by atomic mass is 10.0. The Balaban J connectivity index is 1.94. The minimum Gasteiger partial charge on any atom is -0.493 e. The van der Waals surface area contributed by atoms with Crippen LogP contribution in [0.5, 0.6) is 5.75 Å². The van der Waals surface area contributed by atoms with Crippen molar-refractivity contribution < 1.29 is 18.9 Å². The summed E-state index contributed by atoms with van der Waals surface area (Å²) in [5.41, 5.74) is 1.60. The maximum absolute atomic E-state index is 12.8. The molecule has 4 rings (SSSR count). The van der Waals surface area contributed by atoms with Crippen LogP contribution in [-0.2, 0) is 0 Å². The number of carbonyl (C=O) groups is 1. The lowest BCUT2D eigenvalue weighted by molar-refractivity contribution is -0.384. The van der Waals surface area contributed by atoms with Crippen LogP contribution in [0.1, 0.15) is 10.4 Å². The maximum Gasteiger partial charge on any atom is 0.270 e. The molecule has 27 heavy (non-hydrogen) atoms. The van der Waals surface area contributed by atoms with E-state index in [-0.39, 0.29) is 11.6 Å². The average Bonchev–Trinajstić information content (AvgIpc) is 3.06. The standard InChI is InChI=1S/C19H13N3O5/c1-26-16-5-3-13(19(23)21-11-6-8-20-9-7-11)17-14-10-12(22(24)25)2-4-15(14)27-18(16)17/h2-10H,1H3,(H,20,21,23).